The first kappa shape index (κ1) is 15.9. The Kier molecular flexibility index (Phi) is 4.70. The van der Waals surface area contributed by atoms with E-state index in [0.717, 1.165) is 28.0 Å². The van der Waals surface area contributed by atoms with Gasteiger partial charge in [-0.2, -0.15) is 0 Å². The normalized spacial score (nSPS) is 10.6. The Morgan fingerprint density at radius 3 is 2.62 bits per heavy atom. The molecule has 1 heterocycles. The number of amides is 1. The molecular weight excluding hydrogens is 304 g/mol. The molecule has 0 saturated heterocycles. The highest BCUT2D eigenvalue weighted by atomic mass is 16.5. The summed E-state index contributed by atoms with van der Waals surface area (Å²) in [6.07, 6.45) is 0.662. The van der Waals surface area contributed by atoms with Gasteiger partial charge in [-0.15, -0.1) is 0 Å². The zero-order chi connectivity index (χ0) is 16.9. The maximum Gasteiger partial charge on any atom is 0.216 e. The number of aromatic nitrogens is 1. The van der Waals surface area contributed by atoms with E-state index in [1.165, 1.54) is 6.92 Å². The molecule has 0 radical (unpaired) electrons. The Morgan fingerprint density at radius 2 is 1.92 bits per heavy atom. The van der Waals surface area contributed by atoms with Gasteiger partial charge in [0.15, 0.2) is 0 Å². The molecule has 124 valence electrons. The van der Waals surface area contributed by atoms with Crippen LogP contribution in [0.2, 0.25) is 0 Å². The SMILES string of the molecule is COc1ccc2[nH]c(Oc3ccccc3)c(CCNC(C)=O)c2c1. The van der Waals surface area contributed by atoms with Crippen LogP contribution in [0.25, 0.3) is 10.9 Å². The molecule has 3 aromatic rings. The van der Waals surface area contributed by atoms with Crippen LogP contribution in [0.1, 0.15) is 12.5 Å². The number of nitrogens with one attached hydrogen (secondary N) is 2. The first-order valence-corrected chi connectivity index (χ1v) is 7.83. The molecule has 0 unspecified atom stereocenters. The molecule has 5 nitrogen and oxygen atoms in total. The maximum atomic E-state index is 11.1. The van der Waals surface area contributed by atoms with Gasteiger partial charge in [-0.3, -0.25) is 4.79 Å². The Morgan fingerprint density at radius 1 is 1.12 bits per heavy atom. The maximum absolute atomic E-state index is 11.1. The molecule has 5 heteroatoms. The summed E-state index contributed by atoms with van der Waals surface area (Å²) < 4.78 is 11.3. The summed E-state index contributed by atoms with van der Waals surface area (Å²) in [4.78, 5) is 14.5. The van der Waals surface area contributed by atoms with Crippen molar-refractivity contribution in [2.45, 2.75) is 13.3 Å². The Hall–Kier alpha value is -2.95. The van der Waals surface area contributed by atoms with Crippen molar-refractivity contribution >= 4 is 16.8 Å². The lowest BCUT2D eigenvalue weighted by molar-refractivity contribution is -0.118. The molecule has 0 aliphatic carbocycles. The topological polar surface area (TPSA) is 63.4 Å². The molecule has 0 spiro atoms. The average Bonchev–Trinajstić information content (AvgIpc) is 2.92. The van der Waals surface area contributed by atoms with Gasteiger partial charge in [-0.1, -0.05) is 18.2 Å². The molecule has 0 atom stereocenters. The van der Waals surface area contributed by atoms with Crippen molar-refractivity contribution in [2.24, 2.45) is 0 Å². The molecule has 24 heavy (non-hydrogen) atoms. The number of carbonyl (C=O) groups is 1. The van der Waals surface area contributed by atoms with Crippen molar-refractivity contribution < 1.29 is 14.3 Å². The van der Waals surface area contributed by atoms with Crippen LogP contribution < -0.4 is 14.8 Å². The number of benzene rings is 2. The third-order valence-electron chi connectivity index (χ3n) is 3.79. The standard InChI is InChI=1S/C19H20N2O3/c1-13(22)20-11-10-16-17-12-15(23-2)8-9-18(17)21-19(16)24-14-6-4-3-5-7-14/h3-9,12,21H,10-11H2,1-2H3,(H,20,22). The minimum absolute atomic E-state index is 0.0436. The summed E-state index contributed by atoms with van der Waals surface area (Å²) in [7, 11) is 1.65. The summed E-state index contributed by atoms with van der Waals surface area (Å²) >= 11 is 0. The quantitative estimate of drug-likeness (QED) is 0.727. The fraction of sp³-hybridized carbons (Fsp3) is 0.211. The highest BCUT2D eigenvalue weighted by Crippen LogP contribution is 2.33. The third kappa shape index (κ3) is 3.51. The molecule has 1 aromatic heterocycles. The summed E-state index contributed by atoms with van der Waals surface area (Å²) in [5.74, 6) is 2.19. The zero-order valence-corrected chi connectivity index (χ0v) is 13.8. The van der Waals surface area contributed by atoms with E-state index in [9.17, 15) is 4.79 Å². The van der Waals surface area contributed by atoms with Crippen molar-refractivity contribution in [3.8, 4) is 17.4 Å². The minimum atomic E-state index is -0.0436. The van der Waals surface area contributed by atoms with Crippen LogP contribution >= 0.6 is 0 Å². The van der Waals surface area contributed by atoms with E-state index >= 15 is 0 Å². The van der Waals surface area contributed by atoms with Gasteiger partial charge < -0.3 is 19.8 Å². The van der Waals surface area contributed by atoms with Crippen LogP contribution in [0.15, 0.2) is 48.5 Å². The van der Waals surface area contributed by atoms with Gasteiger partial charge in [0.25, 0.3) is 0 Å². The van der Waals surface area contributed by atoms with Crippen molar-refractivity contribution in [3.05, 3.63) is 54.1 Å². The van der Waals surface area contributed by atoms with Crippen LogP contribution in [-0.2, 0) is 11.2 Å². The Labute approximate surface area is 140 Å². The van der Waals surface area contributed by atoms with E-state index in [4.69, 9.17) is 9.47 Å². The van der Waals surface area contributed by atoms with Gasteiger partial charge >= 0.3 is 0 Å². The molecule has 3 rings (SSSR count). The Bertz CT molecular complexity index is 840. The van der Waals surface area contributed by atoms with Crippen molar-refractivity contribution in [3.63, 3.8) is 0 Å². The number of para-hydroxylation sites is 1. The second kappa shape index (κ2) is 7.08. The number of methoxy groups -OCH3 is 1. The van der Waals surface area contributed by atoms with Gasteiger partial charge in [-0.05, 0) is 36.8 Å². The van der Waals surface area contributed by atoms with E-state index in [1.54, 1.807) is 7.11 Å². The predicted octanol–water partition coefficient (Wildman–Crippen LogP) is 3.65. The Balaban J connectivity index is 1.97. The smallest absolute Gasteiger partial charge is 0.216 e. The van der Waals surface area contributed by atoms with Crippen molar-refractivity contribution in [1.82, 2.24) is 10.3 Å². The first-order chi connectivity index (χ1) is 11.7. The van der Waals surface area contributed by atoms with Crippen LogP contribution in [0.3, 0.4) is 0 Å². The second-order valence-corrected chi connectivity index (χ2v) is 5.49. The number of carbonyl (C=O) groups excluding carboxylic acids is 1. The van der Waals surface area contributed by atoms with Crippen molar-refractivity contribution in [1.29, 1.82) is 0 Å². The molecular formula is C19H20N2O3. The largest absolute Gasteiger partial charge is 0.497 e. The molecule has 0 aliphatic heterocycles. The number of rotatable bonds is 6. The fourth-order valence-corrected chi connectivity index (χ4v) is 2.63. The van der Waals surface area contributed by atoms with Gasteiger partial charge in [0.2, 0.25) is 11.8 Å². The number of fused-ring (bicyclic) bond motifs is 1. The summed E-state index contributed by atoms with van der Waals surface area (Å²) in [6.45, 7) is 2.06. The molecule has 1 amide bonds. The summed E-state index contributed by atoms with van der Waals surface area (Å²) in [5, 5.41) is 3.86. The molecule has 0 fully saturated rings. The van der Waals surface area contributed by atoms with Gasteiger partial charge in [0.1, 0.15) is 11.5 Å². The summed E-state index contributed by atoms with van der Waals surface area (Å²) in [5.41, 5.74) is 1.99. The van der Waals surface area contributed by atoms with Crippen LogP contribution in [0.4, 0.5) is 0 Å². The first-order valence-electron chi connectivity index (χ1n) is 7.83. The van der Waals surface area contributed by atoms with Gasteiger partial charge in [0.05, 0.1) is 7.11 Å². The highest BCUT2D eigenvalue weighted by Gasteiger charge is 2.14. The van der Waals surface area contributed by atoms with Crippen molar-refractivity contribution in [2.75, 3.05) is 13.7 Å². The molecule has 0 bridgehead atoms. The molecule has 2 aromatic carbocycles. The molecule has 0 saturated carbocycles. The van der Waals surface area contributed by atoms with Gasteiger partial charge in [-0.25, -0.2) is 0 Å². The number of hydrogen-bond acceptors (Lipinski definition) is 3. The minimum Gasteiger partial charge on any atom is -0.497 e. The lowest BCUT2D eigenvalue weighted by atomic mass is 10.1. The predicted molar refractivity (Wildman–Crippen MR) is 93.8 cm³/mol. The average molecular weight is 324 g/mol. The molecule has 2 N–H and O–H groups in total. The number of hydrogen-bond donors (Lipinski definition) is 2. The lowest BCUT2D eigenvalue weighted by Crippen LogP contribution is -2.22. The van der Waals surface area contributed by atoms with E-state index in [0.29, 0.717) is 18.8 Å². The number of H-pyrrole nitrogens is 1. The van der Waals surface area contributed by atoms with E-state index in [2.05, 4.69) is 10.3 Å². The zero-order valence-electron chi connectivity index (χ0n) is 13.8. The lowest BCUT2D eigenvalue weighted by Gasteiger charge is -2.08. The van der Waals surface area contributed by atoms with E-state index in [1.807, 2.05) is 48.5 Å². The fourth-order valence-electron chi connectivity index (χ4n) is 2.63. The van der Waals surface area contributed by atoms with Crippen LogP contribution in [0, 0.1) is 0 Å². The van der Waals surface area contributed by atoms with E-state index < -0.39 is 0 Å². The molecule has 0 aliphatic rings. The van der Waals surface area contributed by atoms with Gasteiger partial charge in [0, 0.05) is 29.9 Å². The van der Waals surface area contributed by atoms with Crippen LogP contribution in [-0.4, -0.2) is 24.5 Å². The summed E-state index contributed by atoms with van der Waals surface area (Å²) in [6, 6.07) is 15.5. The van der Waals surface area contributed by atoms with Crippen LogP contribution in [0.5, 0.6) is 17.4 Å². The number of ether oxygens (including phenoxy) is 2. The van der Waals surface area contributed by atoms with E-state index in [-0.39, 0.29) is 5.91 Å². The monoisotopic (exact) mass is 324 g/mol. The second-order valence-electron chi connectivity index (χ2n) is 5.49. The highest BCUT2D eigenvalue weighted by molar-refractivity contribution is 5.87. The third-order valence-corrected chi connectivity index (χ3v) is 3.79. The number of aromatic amines is 1.